The molecule has 0 aliphatic carbocycles. The first-order valence-electron chi connectivity index (χ1n) is 7.23. The standard InChI is InChI=1S/C14H21F2NO2.C2H6/c1-11-10-12(4-5-13(11)14(15)16)19-9-7-17(2)6-8-18-3;1-2/h4-5,10,14H,6-9H2,1-3H3;1-2H3. The Labute approximate surface area is 126 Å². The maximum atomic E-state index is 12.6. The quantitative estimate of drug-likeness (QED) is 0.726. The van der Waals surface area contributed by atoms with Crippen LogP contribution in [0, 0.1) is 6.92 Å². The maximum Gasteiger partial charge on any atom is 0.264 e. The third-order valence-corrected chi connectivity index (χ3v) is 2.90. The molecule has 0 saturated heterocycles. The van der Waals surface area contributed by atoms with Crippen LogP contribution in [0.25, 0.3) is 0 Å². The number of alkyl halides is 2. The van der Waals surface area contributed by atoms with Crippen LogP contribution in [0.5, 0.6) is 5.75 Å². The van der Waals surface area contributed by atoms with E-state index in [1.54, 1.807) is 26.2 Å². The largest absolute Gasteiger partial charge is 0.492 e. The van der Waals surface area contributed by atoms with Gasteiger partial charge in [-0.1, -0.05) is 13.8 Å². The summed E-state index contributed by atoms with van der Waals surface area (Å²) in [5.74, 6) is 0.627. The van der Waals surface area contributed by atoms with Gasteiger partial charge in [0.05, 0.1) is 6.61 Å². The lowest BCUT2D eigenvalue weighted by molar-refractivity contribution is 0.149. The van der Waals surface area contributed by atoms with Crippen LogP contribution in [0.3, 0.4) is 0 Å². The predicted molar refractivity (Wildman–Crippen MR) is 82.4 cm³/mol. The molecule has 0 bridgehead atoms. The van der Waals surface area contributed by atoms with Crippen molar-refractivity contribution >= 4 is 0 Å². The topological polar surface area (TPSA) is 21.7 Å². The van der Waals surface area contributed by atoms with Crippen LogP contribution in [0.4, 0.5) is 8.78 Å². The summed E-state index contributed by atoms with van der Waals surface area (Å²) in [7, 11) is 3.64. The molecule has 0 aliphatic rings. The molecule has 3 nitrogen and oxygen atoms in total. The Bertz CT molecular complexity index is 387. The minimum absolute atomic E-state index is 0.0598. The fourth-order valence-corrected chi connectivity index (χ4v) is 1.66. The van der Waals surface area contributed by atoms with Gasteiger partial charge in [-0.05, 0) is 37.7 Å². The lowest BCUT2D eigenvalue weighted by Crippen LogP contribution is -2.27. The van der Waals surface area contributed by atoms with E-state index in [-0.39, 0.29) is 5.56 Å². The summed E-state index contributed by atoms with van der Waals surface area (Å²) in [6.07, 6.45) is -2.44. The Hall–Kier alpha value is -1.20. The Morgan fingerprint density at radius 3 is 2.29 bits per heavy atom. The first kappa shape index (κ1) is 19.8. The highest BCUT2D eigenvalue weighted by Gasteiger charge is 2.10. The van der Waals surface area contributed by atoms with Gasteiger partial charge in [-0.15, -0.1) is 0 Å². The summed E-state index contributed by atoms with van der Waals surface area (Å²) in [6, 6.07) is 4.66. The SMILES string of the molecule is CC.COCCN(C)CCOc1ccc(C(F)F)c(C)c1. The Morgan fingerprint density at radius 1 is 1.14 bits per heavy atom. The number of rotatable bonds is 8. The van der Waals surface area contributed by atoms with E-state index in [0.29, 0.717) is 24.5 Å². The first-order chi connectivity index (χ1) is 10.0. The third-order valence-electron chi connectivity index (χ3n) is 2.90. The molecule has 0 unspecified atom stereocenters. The number of nitrogens with zero attached hydrogens (tertiary/aromatic N) is 1. The summed E-state index contributed by atoms with van der Waals surface area (Å²) in [5, 5.41) is 0. The summed E-state index contributed by atoms with van der Waals surface area (Å²) in [6.45, 7) is 8.47. The molecule has 21 heavy (non-hydrogen) atoms. The molecular weight excluding hydrogens is 276 g/mol. The summed E-state index contributed by atoms with van der Waals surface area (Å²) in [4.78, 5) is 2.09. The van der Waals surface area contributed by atoms with Crippen LogP contribution in [0.2, 0.25) is 0 Å². The van der Waals surface area contributed by atoms with E-state index in [0.717, 1.165) is 13.1 Å². The molecule has 0 radical (unpaired) electrons. The van der Waals surface area contributed by atoms with E-state index in [1.165, 1.54) is 6.07 Å². The number of aryl methyl sites for hydroxylation is 1. The van der Waals surface area contributed by atoms with Gasteiger partial charge in [0.25, 0.3) is 6.43 Å². The first-order valence-corrected chi connectivity index (χ1v) is 7.23. The van der Waals surface area contributed by atoms with Gasteiger partial charge in [-0.25, -0.2) is 8.78 Å². The van der Waals surface area contributed by atoms with E-state index in [4.69, 9.17) is 9.47 Å². The van der Waals surface area contributed by atoms with E-state index in [9.17, 15) is 8.78 Å². The second kappa shape index (κ2) is 11.5. The second-order valence-electron chi connectivity index (χ2n) is 4.46. The highest BCUT2D eigenvalue weighted by atomic mass is 19.3. The zero-order valence-corrected chi connectivity index (χ0v) is 13.7. The normalized spacial score (nSPS) is 10.5. The van der Waals surface area contributed by atoms with Crippen LogP contribution in [-0.2, 0) is 4.74 Å². The lowest BCUT2D eigenvalue weighted by atomic mass is 10.1. The molecule has 5 heteroatoms. The van der Waals surface area contributed by atoms with E-state index >= 15 is 0 Å². The molecular formula is C16H27F2NO2. The van der Waals surface area contributed by atoms with Crippen molar-refractivity contribution < 1.29 is 18.3 Å². The molecule has 0 fully saturated rings. The van der Waals surface area contributed by atoms with Gasteiger partial charge in [0.2, 0.25) is 0 Å². The molecule has 122 valence electrons. The van der Waals surface area contributed by atoms with Gasteiger partial charge < -0.3 is 14.4 Å². The monoisotopic (exact) mass is 303 g/mol. The van der Waals surface area contributed by atoms with Gasteiger partial charge >= 0.3 is 0 Å². The summed E-state index contributed by atoms with van der Waals surface area (Å²) in [5.41, 5.74) is 0.616. The number of likely N-dealkylation sites (N-methyl/N-ethyl adjacent to an activating group) is 1. The fourth-order valence-electron chi connectivity index (χ4n) is 1.66. The molecule has 0 amide bonds. The van der Waals surface area contributed by atoms with Crippen LogP contribution in [-0.4, -0.2) is 45.4 Å². The number of hydrogen-bond acceptors (Lipinski definition) is 3. The van der Waals surface area contributed by atoms with Gasteiger partial charge in [0, 0.05) is 25.8 Å². The van der Waals surface area contributed by atoms with E-state index in [2.05, 4.69) is 4.90 Å². The molecule has 1 aromatic carbocycles. The van der Waals surface area contributed by atoms with Crippen molar-refractivity contribution in [1.82, 2.24) is 4.90 Å². The van der Waals surface area contributed by atoms with Gasteiger partial charge in [-0.3, -0.25) is 0 Å². The van der Waals surface area contributed by atoms with Crippen molar-refractivity contribution in [3.05, 3.63) is 29.3 Å². The number of halogens is 2. The smallest absolute Gasteiger partial charge is 0.264 e. The molecule has 1 aromatic rings. The summed E-state index contributed by atoms with van der Waals surface area (Å²) >= 11 is 0. The second-order valence-corrected chi connectivity index (χ2v) is 4.46. The van der Waals surface area contributed by atoms with Crippen LogP contribution < -0.4 is 4.74 Å². The van der Waals surface area contributed by atoms with Crippen LogP contribution in [0.15, 0.2) is 18.2 Å². The van der Waals surface area contributed by atoms with Crippen molar-refractivity contribution in [2.45, 2.75) is 27.2 Å². The number of hydrogen-bond donors (Lipinski definition) is 0. The van der Waals surface area contributed by atoms with Crippen LogP contribution >= 0.6 is 0 Å². The Morgan fingerprint density at radius 2 is 1.76 bits per heavy atom. The molecule has 0 heterocycles. The molecule has 1 rings (SSSR count). The molecule has 0 saturated carbocycles. The van der Waals surface area contributed by atoms with Gasteiger partial charge in [0.1, 0.15) is 12.4 Å². The lowest BCUT2D eigenvalue weighted by Gasteiger charge is -2.16. The minimum Gasteiger partial charge on any atom is -0.492 e. The van der Waals surface area contributed by atoms with E-state index < -0.39 is 6.43 Å². The number of ether oxygens (including phenoxy) is 2. The minimum atomic E-state index is -2.44. The van der Waals surface area contributed by atoms with Crippen molar-refractivity contribution in [1.29, 1.82) is 0 Å². The Balaban J connectivity index is 0.00000191. The average Bonchev–Trinajstić information content (AvgIpc) is 2.47. The molecule has 0 atom stereocenters. The number of methoxy groups -OCH3 is 1. The highest BCUT2D eigenvalue weighted by Crippen LogP contribution is 2.25. The number of benzene rings is 1. The zero-order chi connectivity index (χ0) is 16.3. The van der Waals surface area contributed by atoms with Gasteiger partial charge in [0.15, 0.2) is 0 Å². The summed E-state index contributed by atoms with van der Waals surface area (Å²) < 4.78 is 35.7. The van der Waals surface area contributed by atoms with Crippen molar-refractivity contribution in [3.8, 4) is 5.75 Å². The zero-order valence-electron chi connectivity index (χ0n) is 13.7. The molecule has 0 aromatic heterocycles. The third kappa shape index (κ3) is 7.97. The van der Waals surface area contributed by atoms with Crippen molar-refractivity contribution in [2.24, 2.45) is 0 Å². The predicted octanol–water partition coefficient (Wildman–Crippen LogP) is 3.92. The van der Waals surface area contributed by atoms with Gasteiger partial charge in [-0.2, -0.15) is 0 Å². The van der Waals surface area contributed by atoms with Crippen molar-refractivity contribution in [3.63, 3.8) is 0 Å². The van der Waals surface area contributed by atoms with Crippen molar-refractivity contribution in [2.75, 3.05) is 40.5 Å². The van der Waals surface area contributed by atoms with E-state index in [1.807, 2.05) is 20.9 Å². The molecule has 0 aliphatic heterocycles. The highest BCUT2D eigenvalue weighted by molar-refractivity contribution is 5.35. The maximum absolute atomic E-state index is 12.6. The molecule has 0 spiro atoms. The van der Waals surface area contributed by atoms with Crippen LogP contribution in [0.1, 0.15) is 31.4 Å². The Kier molecular flexibility index (Phi) is 10.8. The average molecular weight is 303 g/mol. The fraction of sp³-hybridized carbons (Fsp3) is 0.625. The molecule has 0 N–H and O–H groups in total.